The summed E-state index contributed by atoms with van der Waals surface area (Å²) in [6.45, 7) is 5.94. The first-order valence-electron chi connectivity index (χ1n) is 4.76. The highest BCUT2D eigenvalue weighted by atomic mass is 16.6. The van der Waals surface area contributed by atoms with Crippen molar-refractivity contribution in [1.29, 1.82) is 0 Å². The van der Waals surface area contributed by atoms with Gasteiger partial charge in [-0.05, 0) is 30.6 Å². The lowest BCUT2D eigenvalue weighted by Crippen LogP contribution is -2.44. The van der Waals surface area contributed by atoms with Crippen molar-refractivity contribution < 1.29 is 9.42 Å². The van der Waals surface area contributed by atoms with E-state index in [4.69, 9.17) is 5.73 Å². The number of amides is 1. The lowest BCUT2D eigenvalue weighted by atomic mass is 9.99. The van der Waals surface area contributed by atoms with Gasteiger partial charge in [0.2, 0.25) is 11.5 Å². The zero-order valence-corrected chi connectivity index (χ0v) is 9.44. The summed E-state index contributed by atoms with van der Waals surface area (Å²) in [5.41, 5.74) is 5.27. The second-order valence-corrected chi connectivity index (χ2v) is 4.03. The first-order valence-corrected chi connectivity index (χ1v) is 4.76. The number of carbonyl (C=O) groups is 1. The van der Waals surface area contributed by atoms with Crippen molar-refractivity contribution in [3.05, 3.63) is 5.69 Å². The van der Waals surface area contributed by atoms with Gasteiger partial charge in [-0.3, -0.25) is 4.79 Å². The van der Waals surface area contributed by atoms with Crippen LogP contribution in [0, 0.1) is 0 Å². The van der Waals surface area contributed by atoms with Crippen LogP contribution in [0.25, 0.3) is 0 Å². The number of aromatic nitrogens is 2. The highest BCUT2D eigenvalue weighted by Gasteiger charge is 2.29. The Hall–Kier alpha value is -1.59. The Morgan fingerprint density at radius 1 is 1.53 bits per heavy atom. The van der Waals surface area contributed by atoms with Crippen LogP contribution in [0.5, 0.6) is 0 Å². The van der Waals surface area contributed by atoms with Crippen LogP contribution in [-0.4, -0.2) is 33.7 Å². The fourth-order valence-electron chi connectivity index (χ4n) is 1.01. The van der Waals surface area contributed by atoms with E-state index in [1.54, 1.807) is 11.9 Å². The smallest absolute Gasteiger partial charge is 0.280 e. The number of hydrogen-bond acceptors (Lipinski definition) is 5. The first kappa shape index (κ1) is 11.5. The third kappa shape index (κ3) is 2.08. The van der Waals surface area contributed by atoms with Gasteiger partial charge in [0, 0.05) is 12.6 Å². The maximum atomic E-state index is 11.9. The minimum Gasteiger partial charge on any atom is -0.379 e. The van der Waals surface area contributed by atoms with Crippen molar-refractivity contribution in [2.45, 2.75) is 32.7 Å². The molecule has 0 saturated heterocycles. The topological polar surface area (TPSA) is 85.2 Å². The SMILES string of the molecule is CCC(C)(C)N(C)C(=O)c1nonc1N. The zero-order valence-electron chi connectivity index (χ0n) is 9.44. The molecule has 0 spiro atoms. The third-order valence-corrected chi connectivity index (χ3v) is 2.79. The van der Waals surface area contributed by atoms with Crippen LogP contribution in [-0.2, 0) is 0 Å². The van der Waals surface area contributed by atoms with E-state index in [0.717, 1.165) is 6.42 Å². The molecule has 15 heavy (non-hydrogen) atoms. The Labute approximate surface area is 88.4 Å². The summed E-state index contributed by atoms with van der Waals surface area (Å²) in [7, 11) is 1.71. The molecule has 0 fully saturated rings. The van der Waals surface area contributed by atoms with Crippen molar-refractivity contribution >= 4 is 11.7 Å². The molecule has 6 heteroatoms. The monoisotopic (exact) mass is 212 g/mol. The average Bonchev–Trinajstić information content (AvgIpc) is 2.62. The van der Waals surface area contributed by atoms with Crippen LogP contribution in [0.4, 0.5) is 5.82 Å². The van der Waals surface area contributed by atoms with E-state index in [2.05, 4.69) is 14.9 Å². The van der Waals surface area contributed by atoms with Crippen LogP contribution in [0.15, 0.2) is 4.63 Å². The number of rotatable bonds is 3. The van der Waals surface area contributed by atoms with Crippen molar-refractivity contribution in [3.8, 4) is 0 Å². The average molecular weight is 212 g/mol. The Morgan fingerprint density at radius 2 is 2.13 bits per heavy atom. The normalized spacial score (nSPS) is 11.5. The fourth-order valence-corrected chi connectivity index (χ4v) is 1.01. The standard InChI is InChI=1S/C9H16N4O2/c1-5-9(2,3)13(4)8(14)6-7(10)12-15-11-6/h5H2,1-4H3,(H2,10,12). The molecule has 0 bridgehead atoms. The van der Waals surface area contributed by atoms with Crippen molar-refractivity contribution in [1.82, 2.24) is 15.2 Å². The molecule has 0 aliphatic carbocycles. The summed E-state index contributed by atoms with van der Waals surface area (Å²) in [6, 6.07) is 0. The van der Waals surface area contributed by atoms with Gasteiger partial charge >= 0.3 is 0 Å². The molecule has 84 valence electrons. The molecular weight excluding hydrogens is 196 g/mol. The van der Waals surface area contributed by atoms with Crippen LogP contribution in [0.2, 0.25) is 0 Å². The summed E-state index contributed by atoms with van der Waals surface area (Å²) < 4.78 is 4.39. The second-order valence-electron chi connectivity index (χ2n) is 4.03. The largest absolute Gasteiger partial charge is 0.379 e. The molecule has 0 aliphatic rings. The van der Waals surface area contributed by atoms with E-state index in [1.807, 2.05) is 20.8 Å². The molecule has 0 radical (unpaired) electrons. The Morgan fingerprint density at radius 3 is 2.53 bits per heavy atom. The molecule has 6 nitrogen and oxygen atoms in total. The molecule has 1 amide bonds. The molecule has 1 aromatic heterocycles. The molecule has 0 aromatic carbocycles. The number of anilines is 1. The van der Waals surface area contributed by atoms with Gasteiger partial charge in [-0.2, -0.15) is 0 Å². The van der Waals surface area contributed by atoms with E-state index in [9.17, 15) is 4.79 Å². The van der Waals surface area contributed by atoms with Crippen LogP contribution in [0.3, 0.4) is 0 Å². The van der Waals surface area contributed by atoms with Crippen LogP contribution in [0.1, 0.15) is 37.7 Å². The predicted molar refractivity (Wildman–Crippen MR) is 55.2 cm³/mol. The summed E-state index contributed by atoms with van der Waals surface area (Å²) in [5.74, 6) is -0.251. The molecule has 1 rings (SSSR count). The minimum absolute atomic E-state index is 0.0266. The molecule has 0 saturated carbocycles. The van der Waals surface area contributed by atoms with E-state index >= 15 is 0 Å². The van der Waals surface area contributed by atoms with Gasteiger partial charge in [-0.25, -0.2) is 4.63 Å². The summed E-state index contributed by atoms with van der Waals surface area (Å²) in [6.07, 6.45) is 0.834. The van der Waals surface area contributed by atoms with Crippen molar-refractivity contribution in [2.75, 3.05) is 12.8 Å². The Balaban J connectivity index is 2.92. The number of hydrogen-bond donors (Lipinski definition) is 1. The molecule has 0 atom stereocenters. The summed E-state index contributed by atoms with van der Waals surface area (Å²) >= 11 is 0. The van der Waals surface area contributed by atoms with Crippen molar-refractivity contribution in [3.63, 3.8) is 0 Å². The zero-order chi connectivity index (χ0) is 11.6. The van der Waals surface area contributed by atoms with E-state index in [-0.39, 0.29) is 23.0 Å². The van der Waals surface area contributed by atoms with Gasteiger partial charge in [0.15, 0.2) is 0 Å². The molecule has 0 aliphatic heterocycles. The highest BCUT2D eigenvalue weighted by molar-refractivity contribution is 5.96. The number of nitrogens with zero attached hydrogens (tertiary/aromatic N) is 3. The summed E-state index contributed by atoms with van der Waals surface area (Å²) in [5, 5.41) is 6.85. The van der Waals surface area contributed by atoms with E-state index in [1.165, 1.54) is 0 Å². The minimum atomic E-state index is -0.277. The van der Waals surface area contributed by atoms with Gasteiger partial charge in [-0.1, -0.05) is 6.92 Å². The lowest BCUT2D eigenvalue weighted by Gasteiger charge is -2.34. The van der Waals surface area contributed by atoms with Crippen LogP contribution >= 0.6 is 0 Å². The van der Waals surface area contributed by atoms with Crippen molar-refractivity contribution in [2.24, 2.45) is 0 Å². The van der Waals surface area contributed by atoms with Gasteiger partial charge in [-0.15, -0.1) is 0 Å². The quantitative estimate of drug-likeness (QED) is 0.805. The Kier molecular flexibility index (Phi) is 2.97. The predicted octanol–water partition coefficient (Wildman–Crippen LogP) is 0.912. The molecular formula is C9H16N4O2. The number of carbonyl (C=O) groups excluding carboxylic acids is 1. The van der Waals surface area contributed by atoms with Gasteiger partial charge < -0.3 is 10.6 Å². The maximum absolute atomic E-state index is 11.9. The van der Waals surface area contributed by atoms with Crippen LogP contribution < -0.4 is 5.73 Å². The van der Waals surface area contributed by atoms with Gasteiger partial charge in [0.1, 0.15) is 0 Å². The second kappa shape index (κ2) is 3.88. The van der Waals surface area contributed by atoms with Gasteiger partial charge in [0.05, 0.1) is 0 Å². The molecule has 2 N–H and O–H groups in total. The highest BCUT2D eigenvalue weighted by Crippen LogP contribution is 2.19. The molecule has 1 heterocycles. The lowest BCUT2D eigenvalue weighted by molar-refractivity contribution is 0.0610. The number of nitrogen functional groups attached to an aromatic ring is 1. The molecule has 1 aromatic rings. The number of nitrogens with two attached hydrogens (primary N) is 1. The molecule has 0 unspecified atom stereocenters. The first-order chi connectivity index (χ1) is 6.90. The summed E-state index contributed by atoms with van der Waals surface area (Å²) in [4.78, 5) is 13.5. The van der Waals surface area contributed by atoms with E-state index in [0.29, 0.717) is 0 Å². The van der Waals surface area contributed by atoms with E-state index < -0.39 is 0 Å². The van der Waals surface area contributed by atoms with Gasteiger partial charge in [0.25, 0.3) is 5.91 Å². The fraction of sp³-hybridized carbons (Fsp3) is 0.667. The Bertz CT molecular complexity index is 359. The maximum Gasteiger partial charge on any atom is 0.280 e. The third-order valence-electron chi connectivity index (χ3n) is 2.79.